The Hall–Kier alpha value is -0.570. The fraction of sp³-hybridized carbons (Fsp3) is 0.889. The van der Waals surface area contributed by atoms with E-state index in [1.807, 2.05) is 19.0 Å². The SMILES string of the molecule is CCCCOC(=O)CCN(C)C. The number of carbonyl (C=O) groups is 1. The van der Waals surface area contributed by atoms with Crippen molar-refractivity contribution < 1.29 is 9.53 Å². The number of hydrogen-bond acceptors (Lipinski definition) is 3. The molecule has 0 bridgehead atoms. The van der Waals surface area contributed by atoms with Gasteiger partial charge in [-0.25, -0.2) is 0 Å². The van der Waals surface area contributed by atoms with Crippen molar-refractivity contribution in [1.82, 2.24) is 4.90 Å². The van der Waals surface area contributed by atoms with Crippen LogP contribution in [0, 0.1) is 0 Å². The van der Waals surface area contributed by atoms with Crippen LogP contribution >= 0.6 is 0 Å². The highest BCUT2D eigenvalue weighted by molar-refractivity contribution is 5.69. The van der Waals surface area contributed by atoms with E-state index < -0.39 is 0 Å². The molecule has 3 nitrogen and oxygen atoms in total. The fourth-order valence-corrected chi connectivity index (χ4v) is 0.717. The Morgan fingerprint density at radius 2 is 2.08 bits per heavy atom. The van der Waals surface area contributed by atoms with Crippen LogP contribution < -0.4 is 0 Å². The molecular weight excluding hydrogens is 154 g/mol. The average molecular weight is 173 g/mol. The lowest BCUT2D eigenvalue weighted by Gasteiger charge is -2.08. The number of nitrogens with zero attached hydrogens (tertiary/aromatic N) is 1. The molecule has 0 aliphatic rings. The quantitative estimate of drug-likeness (QED) is 0.447. The van der Waals surface area contributed by atoms with E-state index in [0.717, 1.165) is 19.4 Å². The molecule has 0 rings (SSSR count). The topological polar surface area (TPSA) is 29.5 Å². The zero-order chi connectivity index (χ0) is 9.40. The van der Waals surface area contributed by atoms with Crippen LogP contribution in [0.3, 0.4) is 0 Å². The minimum Gasteiger partial charge on any atom is -0.466 e. The van der Waals surface area contributed by atoms with Crippen LogP contribution in [0.15, 0.2) is 0 Å². The molecule has 12 heavy (non-hydrogen) atoms. The minimum atomic E-state index is -0.0860. The first kappa shape index (κ1) is 11.4. The summed E-state index contributed by atoms with van der Waals surface area (Å²) in [5.41, 5.74) is 0. The summed E-state index contributed by atoms with van der Waals surface area (Å²) in [6, 6.07) is 0. The van der Waals surface area contributed by atoms with Gasteiger partial charge in [0.2, 0.25) is 0 Å². The molecule has 0 N–H and O–H groups in total. The van der Waals surface area contributed by atoms with Crippen LogP contribution in [0.5, 0.6) is 0 Å². The Bertz CT molecular complexity index is 124. The van der Waals surface area contributed by atoms with Gasteiger partial charge in [0, 0.05) is 6.54 Å². The van der Waals surface area contributed by atoms with Gasteiger partial charge in [-0.1, -0.05) is 13.3 Å². The second-order valence-electron chi connectivity index (χ2n) is 3.13. The Kier molecular flexibility index (Phi) is 6.76. The van der Waals surface area contributed by atoms with E-state index in [1.54, 1.807) is 0 Å². The van der Waals surface area contributed by atoms with Gasteiger partial charge in [-0.3, -0.25) is 4.79 Å². The summed E-state index contributed by atoms with van der Waals surface area (Å²) in [4.78, 5) is 12.9. The zero-order valence-electron chi connectivity index (χ0n) is 8.30. The van der Waals surface area contributed by atoms with Crippen molar-refractivity contribution in [3.8, 4) is 0 Å². The molecule has 0 radical (unpaired) electrons. The second kappa shape index (κ2) is 7.10. The van der Waals surface area contributed by atoms with Gasteiger partial charge >= 0.3 is 5.97 Å². The predicted molar refractivity (Wildman–Crippen MR) is 49.0 cm³/mol. The van der Waals surface area contributed by atoms with Gasteiger partial charge in [-0.2, -0.15) is 0 Å². The largest absolute Gasteiger partial charge is 0.466 e. The van der Waals surface area contributed by atoms with E-state index in [0.29, 0.717) is 13.0 Å². The molecule has 0 aliphatic heterocycles. The van der Waals surface area contributed by atoms with Crippen LogP contribution in [0.25, 0.3) is 0 Å². The Labute approximate surface area is 74.7 Å². The van der Waals surface area contributed by atoms with E-state index in [4.69, 9.17) is 4.74 Å². The Morgan fingerprint density at radius 3 is 2.58 bits per heavy atom. The van der Waals surface area contributed by atoms with Crippen molar-refractivity contribution in [2.75, 3.05) is 27.2 Å². The lowest BCUT2D eigenvalue weighted by molar-refractivity contribution is -0.144. The molecule has 0 aromatic rings. The second-order valence-corrected chi connectivity index (χ2v) is 3.13. The molecule has 0 spiro atoms. The number of hydrogen-bond donors (Lipinski definition) is 0. The van der Waals surface area contributed by atoms with E-state index >= 15 is 0 Å². The maximum atomic E-state index is 11.0. The molecule has 0 aliphatic carbocycles. The molecule has 0 atom stereocenters. The summed E-state index contributed by atoms with van der Waals surface area (Å²) in [7, 11) is 3.89. The highest BCUT2D eigenvalue weighted by Gasteiger charge is 2.01. The van der Waals surface area contributed by atoms with Crippen molar-refractivity contribution in [1.29, 1.82) is 0 Å². The van der Waals surface area contributed by atoms with E-state index in [-0.39, 0.29) is 5.97 Å². The molecule has 0 fully saturated rings. The predicted octanol–water partition coefficient (Wildman–Crippen LogP) is 1.28. The van der Waals surface area contributed by atoms with Crippen molar-refractivity contribution in [3.05, 3.63) is 0 Å². The van der Waals surface area contributed by atoms with Crippen LogP contribution in [-0.4, -0.2) is 38.1 Å². The summed E-state index contributed by atoms with van der Waals surface area (Å²) in [6.07, 6.45) is 2.53. The first-order chi connectivity index (χ1) is 5.66. The number of esters is 1. The van der Waals surface area contributed by atoms with Crippen molar-refractivity contribution in [3.63, 3.8) is 0 Å². The zero-order valence-corrected chi connectivity index (χ0v) is 8.30. The van der Waals surface area contributed by atoms with Crippen molar-refractivity contribution >= 4 is 5.97 Å². The van der Waals surface area contributed by atoms with Gasteiger partial charge in [0.25, 0.3) is 0 Å². The lowest BCUT2D eigenvalue weighted by atomic mass is 10.3. The average Bonchev–Trinajstić information content (AvgIpc) is 2.01. The number of unbranched alkanes of at least 4 members (excludes halogenated alkanes) is 1. The maximum Gasteiger partial charge on any atom is 0.307 e. The molecule has 0 unspecified atom stereocenters. The Morgan fingerprint density at radius 1 is 1.42 bits per heavy atom. The van der Waals surface area contributed by atoms with E-state index in [2.05, 4.69) is 6.92 Å². The van der Waals surface area contributed by atoms with Crippen molar-refractivity contribution in [2.45, 2.75) is 26.2 Å². The summed E-state index contributed by atoms with van der Waals surface area (Å²) >= 11 is 0. The van der Waals surface area contributed by atoms with Crippen LogP contribution in [0.2, 0.25) is 0 Å². The highest BCUT2D eigenvalue weighted by Crippen LogP contribution is 1.92. The molecule has 0 saturated heterocycles. The summed E-state index contributed by atoms with van der Waals surface area (Å²) in [6.45, 7) is 3.42. The first-order valence-electron chi connectivity index (χ1n) is 4.47. The lowest BCUT2D eigenvalue weighted by Crippen LogP contribution is -2.18. The molecule has 3 heteroatoms. The van der Waals surface area contributed by atoms with Gasteiger partial charge in [-0.15, -0.1) is 0 Å². The van der Waals surface area contributed by atoms with Gasteiger partial charge in [0.05, 0.1) is 13.0 Å². The molecular formula is C9H19NO2. The van der Waals surface area contributed by atoms with Crippen molar-refractivity contribution in [2.24, 2.45) is 0 Å². The normalized spacial score (nSPS) is 10.3. The van der Waals surface area contributed by atoms with Crippen LogP contribution in [0.1, 0.15) is 26.2 Å². The first-order valence-corrected chi connectivity index (χ1v) is 4.47. The third kappa shape index (κ3) is 7.54. The number of carbonyl (C=O) groups excluding carboxylic acids is 1. The Balaban J connectivity index is 3.22. The highest BCUT2D eigenvalue weighted by atomic mass is 16.5. The van der Waals surface area contributed by atoms with Gasteiger partial charge < -0.3 is 9.64 Å². The van der Waals surface area contributed by atoms with Gasteiger partial charge in [-0.05, 0) is 20.5 Å². The molecule has 0 aromatic carbocycles. The monoisotopic (exact) mass is 173 g/mol. The van der Waals surface area contributed by atoms with Gasteiger partial charge in [0.15, 0.2) is 0 Å². The summed E-state index contributed by atoms with van der Waals surface area (Å²) < 4.78 is 4.97. The smallest absolute Gasteiger partial charge is 0.307 e. The molecule has 72 valence electrons. The van der Waals surface area contributed by atoms with E-state index in [1.165, 1.54) is 0 Å². The van der Waals surface area contributed by atoms with Crippen LogP contribution in [0.4, 0.5) is 0 Å². The van der Waals surface area contributed by atoms with E-state index in [9.17, 15) is 4.79 Å². The minimum absolute atomic E-state index is 0.0860. The molecule has 0 aromatic heterocycles. The third-order valence-electron chi connectivity index (χ3n) is 1.52. The summed E-state index contributed by atoms with van der Waals surface area (Å²) in [5.74, 6) is -0.0860. The molecule has 0 saturated carbocycles. The third-order valence-corrected chi connectivity index (χ3v) is 1.52. The standard InChI is InChI=1S/C9H19NO2/c1-4-5-8-12-9(11)6-7-10(2)3/h4-8H2,1-3H3. The van der Waals surface area contributed by atoms with Crippen LogP contribution in [-0.2, 0) is 9.53 Å². The number of ether oxygens (including phenoxy) is 1. The van der Waals surface area contributed by atoms with Gasteiger partial charge in [0.1, 0.15) is 0 Å². The summed E-state index contributed by atoms with van der Waals surface area (Å²) in [5, 5.41) is 0. The molecule has 0 amide bonds. The number of rotatable bonds is 6. The fourth-order valence-electron chi connectivity index (χ4n) is 0.717. The molecule has 0 heterocycles. The maximum absolute atomic E-state index is 11.0.